The molecule has 2 heterocycles. The first-order valence-electron chi connectivity index (χ1n) is 8.74. The number of nitrogens with zero attached hydrogens (tertiary/aromatic N) is 4. The number of fused-ring (bicyclic) bond motifs is 1. The van der Waals surface area contributed by atoms with Crippen molar-refractivity contribution in [1.29, 1.82) is 0 Å². The van der Waals surface area contributed by atoms with Crippen molar-refractivity contribution in [2.45, 2.75) is 12.3 Å². The van der Waals surface area contributed by atoms with Crippen LogP contribution in [0, 0.1) is 0 Å². The van der Waals surface area contributed by atoms with Crippen molar-refractivity contribution in [2.75, 3.05) is 31.1 Å². The minimum absolute atomic E-state index is 0.0186. The minimum atomic E-state index is -0.365. The van der Waals surface area contributed by atoms with Crippen LogP contribution in [0.2, 0.25) is 0 Å². The molecule has 0 bridgehead atoms. The lowest BCUT2D eigenvalue weighted by Gasteiger charge is -2.37. The number of piperazine rings is 1. The van der Waals surface area contributed by atoms with Gasteiger partial charge in [-0.1, -0.05) is 24.3 Å². The Balaban J connectivity index is 1.45. The van der Waals surface area contributed by atoms with Crippen molar-refractivity contribution in [2.24, 2.45) is 7.05 Å². The first-order valence-corrected chi connectivity index (χ1v) is 8.74. The van der Waals surface area contributed by atoms with Crippen LogP contribution in [0.5, 0.6) is 0 Å². The third kappa shape index (κ3) is 2.79. The van der Waals surface area contributed by atoms with Crippen LogP contribution in [0.25, 0.3) is 0 Å². The van der Waals surface area contributed by atoms with E-state index in [1.165, 1.54) is 4.68 Å². The maximum atomic E-state index is 12.9. The SMILES string of the molecule is Cn1ncc(N2CCN(C(=O)C3CC(=O)c4ccccc43)CC2)cc1=O. The van der Waals surface area contributed by atoms with Gasteiger partial charge in [-0.15, -0.1) is 0 Å². The van der Waals surface area contributed by atoms with Crippen LogP contribution in [0.15, 0.2) is 41.3 Å². The number of aryl methyl sites for hydroxylation is 1. The van der Waals surface area contributed by atoms with Crippen LogP contribution in [-0.4, -0.2) is 52.5 Å². The second-order valence-electron chi connectivity index (χ2n) is 6.76. The van der Waals surface area contributed by atoms with Gasteiger partial charge in [-0.2, -0.15) is 5.10 Å². The first-order chi connectivity index (χ1) is 12.5. The smallest absolute Gasteiger partial charge is 0.268 e. The Morgan fingerprint density at radius 3 is 2.58 bits per heavy atom. The molecule has 1 aromatic carbocycles. The van der Waals surface area contributed by atoms with Crippen molar-refractivity contribution in [3.8, 4) is 0 Å². The molecule has 1 aliphatic carbocycles. The molecule has 1 amide bonds. The van der Waals surface area contributed by atoms with Crippen molar-refractivity contribution in [3.63, 3.8) is 0 Å². The molecule has 1 aromatic heterocycles. The van der Waals surface area contributed by atoms with E-state index >= 15 is 0 Å². The Morgan fingerprint density at radius 2 is 1.85 bits per heavy atom. The van der Waals surface area contributed by atoms with E-state index in [0.29, 0.717) is 31.7 Å². The number of aromatic nitrogens is 2. The van der Waals surface area contributed by atoms with E-state index < -0.39 is 0 Å². The molecule has 1 saturated heterocycles. The van der Waals surface area contributed by atoms with Crippen molar-refractivity contribution < 1.29 is 9.59 Å². The number of carbonyl (C=O) groups is 2. The van der Waals surface area contributed by atoms with E-state index in [2.05, 4.69) is 10.00 Å². The second kappa shape index (κ2) is 6.40. The number of hydrogen-bond acceptors (Lipinski definition) is 5. The number of hydrogen-bond donors (Lipinski definition) is 0. The fourth-order valence-electron chi connectivity index (χ4n) is 3.72. The molecule has 26 heavy (non-hydrogen) atoms. The molecule has 4 rings (SSSR count). The molecule has 2 aliphatic rings. The molecule has 0 spiro atoms. The molecule has 134 valence electrons. The first kappa shape index (κ1) is 16.5. The van der Waals surface area contributed by atoms with Gasteiger partial charge in [-0.05, 0) is 5.56 Å². The molecule has 0 saturated carbocycles. The summed E-state index contributed by atoms with van der Waals surface area (Å²) in [6.45, 7) is 2.42. The highest BCUT2D eigenvalue weighted by Gasteiger charge is 2.37. The largest absolute Gasteiger partial charge is 0.367 e. The highest BCUT2D eigenvalue weighted by atomic mass is 16.2. The maximum Gasteiger partial charge on any atom is 0.268 e. The Bertz CT molecular complexity index is 928. The molecule has 7 heteroatoms. The zero-order valence-corrected chi connectivity index (χ0v) is 14.6. The van der Waals surface area contributed by atoms with Crippen LogP contribution >= 0.6 is 0 Å². The predicted molar refractivity (Wildman–Crippen MR) is 96.4 cm³/mol. The normalized spacial score (nSPS) is 19.6. The van der Waals surface area contributed by atoms with Crippen molar-refractivity contribution >= 4 is 17.4 Å². The molecular weight excluding hydrogens is 332 g/mol. The number of benzene rings is 1. The van der Waals surface area contributed by atoms with Gasteiger partial charge in [0.25, 0.3) is 5.56 Å². The monoisotopic (exact) mass is 352 g/mol. The van der Waals surface area contributed by atoms with Crippen LogP contribution in [0.3, 0.4) is 0 Å². The van der Waals surface area contributed by atoms with Crippen LogP contribution < -0.4 is 10.5 Å². The van der Waals surface area contributed by atoms with E-state index in [1.807, 2.05) is 23.1 Å². The van der Waals surface area contributed by atoms with Crippen molar-refractivity contribution in [3.05, 3.63) is 58.0 Å². The Labute approximate surface area is 150 Å². The molecular formula is C19H20N4O3. The number of anilines is 1. The van der Waals surface area contributed by atoms with Gasteiger partial charge < -0.3 is 9.80 Å². The van der Waals surface area contributed by atoms with Gasteiger partial charge in [0.1, 0.15) is 0 Å². The van der Waals surface area contributed by atoms with E-state index in [0.717, 1.165) is 11.3 Å². The predicted octanol–water partition coefficient (Wildman–Crippen LogP) is 0.799. The van der Waals surface area contributed by atoms with E-state index in [9.17, 15) is 14.4 Å². The molecule has 7 nitrogen and oxygen atoms in total. The van der Waals surface area contributed by atoms with Crippen molar-refractivity contribution in [1.82, 2.24) is 14.7 Å². The Kier molecular flexibility index (Phi) is 4.06. The second-order valence-corrected chi connectivity index (χ2v) is 6.76. The zero-order chi connectivity index (χ0) is 18.3. The number of Topliss-reactive ketones (excluding diaryl/α,β-unsaturated/α-hetero) is 1. The summed E-state index contributed by atoms with van der Waals surface area (Å²) in [6, 6.07) is 8.95. The quantitative estimate of drug-likeness (QED) is 0.799. The number of amides is 1. The van der Waals surface area contributed by atoms with Gasteiger partial charge in [-0.25, -0.2) is 4.68 Å². The summed E-state index contributed by atoms with van der Waals surface area (Å²) in [7, 11) is 1.61. The summed E-state index contributed by atoms with van der Waals surface area (Å²) in [6.07, 6.45) is 1.93. The van der Waals surface area contributed by atoms with Gasteiger partial charge in [-0.3, -0.25) is 14.4 Å². The molecule has 0 radical (unpaired) electrons. The summed E-state index contributed by atoms with van der Waals surface area (Å²) in [5.41, 5.74) is 2.15. The third-order valence-corrected chi connectivity index (χ3v) is 5.23. The highest BCUT2D eigenvalue weighted by molar-refractivity contribution is 6.06. The third-order valence-electron chi connectivity index (χ3n) is 5.23. The van der Waals surface area contributed by atoms with Gasteiger partial charge in [0.15, 0.2) is 5.78 Å². The van der Waals surface area contributed by atoms with Gasteiger partial charge in [0, 0.05) is 51.3 Å². The Morgan fingerprint density at radius 1 is 1.12 bits per heavy atom. The summed E-state index contributed by atoms with van der Waals surface area (Å²) in [4.78, 5) is 40.7. The lowest BCUT2D eigenvalue weighted by Crippen LogP contribution is -2.50. The molecule has 0 N–H and O–H groups in total. The minimum Gasteiger partial charge on any atom is -0.367 e. The fraction of sp³-hybridized carbons (Fsp3) is 0.368. The molecule has 1 atom stereocenters. The highest BCUT2D eigenvalue weighted by Crippen LogP contribution is 2.34. The molecule has 1 unspecified atom stereocenters. The van der Waals surface area contributed by atoms with Crippen LogP contribution in [-0.2, 0) is 11.8 Å². The number of ketones is 1. The zero-order valence-electron chi connectivity index (χ0n) is 14.6. The molecule has 1 aliphatic heterocycles. The van der Waals surface area contributed by atoms with Gasteiger partial charge >= 0.3 is 0 Å². The fourth-order valence-corrected chi connectivity index (χ4v) is 3.72. The number of carbonyl (C=O) groups excluding carboxylic acids is 2. The molecule has 2 aromatic rings. The lowest BCUT2D eigenvalue weighted by molar-refractivity contribution is -0.133. The summed E-state index contributed by atoms with van der Waals surface area (Å²) in [5, 5.41) is 4.05. The van der Waals surface area contributed by atoms with E-state index in [1.54, 1.807) is 25.4 Å². The standard InChI is InChI=1S/C19H20N4O3/c1-21-18(25)10-13(12-20-21)22-6-8-23(9-7-22)19(26)16-11-17(24)15-5-3-2-4-14(15)16/h2-5,10,12,16H,6-9,11H2,1H3. The van der Waals surface area contributed by atoms with Gasteiger partial charge in [0.05, 0.1) is 17.8 Å². The molecule has 1 fully saturated rings. The average molecular weight is 352 g/mol. The topological polar surface area (TPSA) is 75.5 Å². The maximum absolute atomic E-state index is 12.9. The van der Waals surface area contributed by atoms with E-state index in [4.69, 9.17) is 0 Å². The number of rotatable bonds is 2. The lowest BCUT2D eigenvalue weighted by atomic mass is 9.99. The van der Waals surface area contributed by atoms with Crippen LogP contribution in [0.1, 0.15) is 28.3 Å². The van der Waals surface area contributed by atoms with E-state index in [-0.39, 0.29) is 29.6 Å². The summed E-state index contributed by atoms with van der Waals surface area (Å²) in [5.74, 6) is -0.301. The van der Waals surface area contributed by atoms with Gasteiger partial charge in [0.2, 0.25) is 5.91 Å². The summed E-state index contributed by atoms with van der Waals surface area (Å²) >= 11 is 0. The van der Waals surface area contributed by atoms with Crippen LogP contribution in [0.4, 0.5) is 5.69 Å². The average Bonchev–Trinajstić information content (AvgIpc) is 3.01. The summed E-state index contributed by atoms with van der Waals surface area (Å²) < 4.78 is 1.29. The Hall–Kier alpha value is -2.96.